The second-order valence-electron chi connectivity index (χ2n) is 8.11. The fourth-order valence-electron chi connectivity index (χ4n) is 4.67. The number of hydrogen-bond donors (Lipinski definition) is 1. The van der Waals surface area contributed by atoms with E-state index < -0.39 is 5.97 Å². The number of nitrogens with zero attached hydrogens (tertiary/aromatic N) is 2. The smallest absolute Gasteiger partial charge is 0.307 e. The average molecular weight is 431 g/mol. The van der Waals surface area contributed by atoms with Crippen LogP contribution in [0.5, 0.6) is 5.75 Å². The highest BCUT2D eigenvalue weighted by molar-refractivity contribution is 5.85. The molecule has 0 saturated carbocycles. The second kappa shape index (κ2) is 10.2. The maximum Gasteiger partial charge on any atom is 0.307 e. The van der Waals surface area contributed by atoms with Crippen molar-refractivity contribution in [3.05, 3.63) is 53.6 Å². The summed E-state index contributed by atoms with van der Waals surface area (Å²) in [7, 11) is 1.71. The van der Waals surface area contributed by atoms with Crippen LogP contribution < -0.4 is 9.64 Å². The quantitative estimate of drug-likeness (QED) is 0.729. The summed E-state index contributed by atoms with van der Waals surface area (Å²) in [6.45, 7) is 3.52. The Morgan fingerprint density at radius 3 is 2.63 bits per heavy atom. The molecule has 2 heterocycles. The maximum atomic E-state index is 11.3. The van der Waals surface area contributed by atoms with Gasteiger partial charge in [-0.15, -0.1) is 12.4 Å². The molecule has 0 aliphatic carbocycles. The van der Waals surface area contributed by atoms with Gasteiger partial charge in [0.05, 0.1) is 13.0 Å². The van der Waals surface area contributed by atoms with Crippen molar-refractivity contribution in [2.24, 2.45) is 5.92 Å². The molecule has 4 rings (SSSR count). The van der Waals surface area contributed by atoms with Gasteiger partial charge in [0.2, 0.25) is 0 Å². The van der Waals surface area contributed by atoms with Crippen LogP contribution in [0.15, 0.2) is 42.5 Å². The zero-order valence-electron chi connectivity index (χ0n) is 17.5. The first-order valence-electron chi connectivity index (χ1n) is 10.6. The lowest BCUT2D eigenvalue weighted by atomic mass is 9.98. The van der Waals surface area contributed by atoms with Gasteiger partial charge in [0, 0.05) is 30.5 Å². The predicted molar refractivity (Wildman–Crippen MR) is 123 cm³/mol. The summed E-state index contributed by atoms with van der Waals surface area (Å²) in [5.74, 6) is 0.0123. The molecule has 2 aliphatic heterocycles. The van der Waals surface area contributed by atoms with E-state index in [1.165, 1.54) is 22.5 Å². The Bertz CT molecular complexity index is 873. The van der Waals surface area contributed by atoms with Gasteiger partial charge < -0.3 is 19.6 Å². The summed E-state index contributed by atoms with van der Waals surface area (Å²) in [4.78, 5) is 16.1. The highest BCUT2D eigenvalue weighted by Gasteiger charge is 2.26. The molecule has 1 saturated heterocycles. The van der Waals surface area contributed by atoms with Crippen molar-refractivity contribution in [3.8, 4) is 5.75 Å². The third-order valence-corrected chi connectivity index (χ3v) is 6.24. The number of carboxylic acid groups (broad SMARTS) is 1. The van der Waals surface area contributed by atoms with E-state index in [-0.39, 0.29) is 18.3 Å². The number of fused-ring (bicyclic) bond motifs is 2. The number of anilines is 2. The molecule has 0 unspecified atom stereocenters. The molecular weight excluding hydrogens is 400 g/mol. The number of likely N-dealkylation sites (tertiary alicyclic amines) is 1. The van der Waals surface area contributed by atoms with E-state index in [0.29, 0.717) is 6.54 Å². The minimum Gasteiger partial charge on any atom is -0.497 e. The number of hydrogen-bond acceptors (Lipinski definition) is 4. The molecular formula is C24H31ClN2O3. The zero-order chi connectivity index (χ0) is 20.2. The van der Waals surface area contributed by atoms with Crippen LogP contribution in [0.4, 0.5) is 11.4 Å². The minimum absolute atomic E-state index is 0. The molecule has 0 bridgehead atoms. The minimum atomic E-state index is -0.655. The second-order valence-corrected chi connectivity index (χ2v) is 8.11. The van der Waals surface area contributed by atoms with Gasteiger partial charge in [0.25, 0.3) is 0 Å². The van der Waals surface area contributed by atoms with Crippen molar-refractivity contribution in [2.45, 2.75) is 32.1 Å². The van der Waals surface area contributed by atoms with Crippen LogP contribution in [0.25, 0.3) is 0 Å². The fourth-order valence-corrected chi connectivity index (χ4v) is 4.67. The predicted octanol–water partition coefficient (Wildman–Crippen LogP) is 4.54. The van der Waals surface area contributed by atoms with Gasteiger partial charge in [-0.25, -0.2) is 0 Å². The number of carbonyl (C=O) groups is 1. The number of para-hydroxylation sites is 1. The van der Waals surface area contributed by atoms with Gasteiger partial charge in [0.15, 0.2) is 0 Å². The van der Waals surface area contributed by atoms with Crippen molar-refractivity contribution in [1.29, 1.82) is 0 Å². The number of piperidine rings is 1. The first kappa shape index (κ1) is 22.4. The molecule has 0 radical (unpaired) electrons. The molecule has 162 valence electrons. The summed E-state index contributed by atoms with van der Waals surface area (Å²) in [6.07, 6.45) is 4.84. The van der Waals surface area contributed by atoms with E-state index in [4.69, 9.17) is 4.74 Å². The van der Waals surface area contributed by atoms with Gasteiger partial charge in [-0.3, -0.25) is 4.79 Å². The van der Waals surface area contributed by atoms with Crippen LogP contribution in [0.1, 0.15) is 30.4 Å². The Kier molecular flexibility index (Phi) is 7.62. The van der Waals surface area contributed by atoms with Gasteiger partial charge in [-0.2, -0.15) is 0 Å². The molecule has 2 aromatic carbocycles. The summed E-state index contributed by atoms with van der Waals surface area (Å²) in [5.41, 5.74) is 5.25. The van der Waals surface area contributed by atoms with E-state index in [1.807, 2.05) is 6.07 Å². The SMILES string of the molecule is COc1ccc2c(c1)N(CCCN1CCC[C@@H](C(=O)O)C1)c1ccccc1CC2.Cl. The van der Waals surface area contributed by atoms with Crippen LogP contribution in [-0.4, -0.2) is 49.3 Å². The van der Waals surface area contributed by atoms with Crippen molar-refractivity contribution in [3.63, 3.8) is 0 Å². The number of ether oxygens (including phenoxy) is 1. The average Bonchev–Trinajstić information content (AvgIpc) is 2.91. The summed E-state index contributed by atoms with van der Waals surface area (Å²) >= 11 is 0. The number of halogens is 1. The van der Waals surface area contributed by atoms with Crippen molar-refractivity contribution < 1.29 is 14.6 Å². The number of aryl methyl sites for hydroxylation is 2. The first-order chi connectivity index (χ1) is 14.2. The van der Waals surface area contributed by atoms with Gasteiger partial charge in [0.1, 0.15) is 5.75 Å². The number of aliphatic carboxylic acids is 1. The monoisotopic (exact) mass is 430 g/mol. The van der Waals surface area contributed by atoms with Crippen LogP contribution in [-0.2, 0) is 17.6 Å². The molecule has 2 aromatic rings. The van der Waals surface area contributed by atoms with Crippen molar-refractivity contribution in [2.75, 3.05) is 38.2 Å². The van der Waals surface area contributed by atoms with E-state index in [2.05, 4.69) is 46.2 Å². The molecule has 1 atom stereocenters. The third-order valence-electron chi connectivity index (χ3n) is 6.24. The number of methoxy groups -OCH3 is 1. The maximum absolute atomic E-state index is 11.3. The fraction of sp³-hybridized carbons (Fsp3) is 0.458. The molecule has 1 fully saturated rings. The van der Waals surface area contributed by atoms with Crippen molar-refractivity contribution in [1.82, 2.24) is 4.90 Å². The highest BCUT2D eigenvalue weighted by atomic mass is 35.5. The Balaban J connectivity index is 0.00000256. The number of rotatable bonds is 6. The largest absolute Gasteiger partial charge is 0.497 e. The van der Waals surface area contributed by atoms with E-state index in [0.717, 1.165) is 57.5 Å². The first-order valence-corrected chi connectivity index (χ1v) is 10.6. The molecule has 5 nitrogen and oxygen atoms in total. The highest BCUT2D eigenvalue weighted by Crippen LogP contribution is 2.38. The standard InChI is InChI=1S/C24H30N2O3.ClH/c1-29-21-12-11-19-10-9-18-6-2-3-8-22(18)26(23(19)16-21)15-5-14-25-13-4-7-20(17-25)24(27)28;/h2-3,6,8,11-12,16,20H,4-5,7,9-10,13-15,17H2,1H3,(H,27,28);1H/t20-;/m1./s1. The molecule has 0 aromatic heterocycles. The molecule has 0 amide bonds. The lowest BCUT2D eigenvalue weighted by molar-refractivity contribution is -0.143. The van der Waals surface area contributed by atoms with Gasteiger partial charge in [-0.05, 0) is 68.5 Å². The Labute approximate surface area is 185 Å². The normalized spacial score (nSPS) is 18.6. The van der Waals surface area contributed by atoms with Crippen LogP contribution >= 0.6 is 12.4 Å². The van der Waals surface area contributed by atoms with Crippen LogP contribution in [0.3, 0.4) is 0 Å². The van der Waals surface area contributed by atoms with Gasteiger partial charge >= 0.3 is 5.97 Å². The Morgan fingerprint density at radius 2 is 1.87 bits per heavy atom. The Morgan fingerprint density at radius 1 is 1.10 bits per heavy atom. The Hall–Kier alpha value is -2.24. The van der Waals surface area contributed by atoms with Crippen molar-refractivity contribution >= 4 is 29.8 Å². The lowest BCUT2D eigenvalue weighted by Gasteiger charge is -2.32. The van der Waals surface area contributed by atoms with Gasteiger partial charge in [-0.1, -0.05) is 24.3 Å². The summed E-state index contributed by atoms with van der Waals surface area (Å²) < 4.78 is 5.50. The van der Waals surface area contributed by atoms with E-state index in [1.54, 1.807) is 7.11 Å². The molecule has 2 aliphatic rings. The molecule has 1 N–H and O–H groups in total. The number of benzene rings is 2. The number of carboxylic acids is 1. The van der Waals surface area contributed by atoms with E-state index in [9.17, 15) is 9.90 Å². The zero-order valence-corrected chi connectivity index (χ0v) is 18.4. The summed E-state index contributed by atoms with van der Waals surface area (Å²) in [6, 6.07) is 15.1. The van der Waals surface area contributed by atoms with Crippen LogP contribution in [0.2, 0.25) is 0 Å². The van der Waals surface area contributed by atoms with E-state index >= 15 is 0 Å². The van der Waals surface area contributed by atoms with Crippen LogP contribution in [0, 0.1) is 5.92 Å². The molecule has 6 heteroatoms. The topological polar surface area (TPSA) is 53.0 Å². The molecule has 30 heavy (non-hydrogen) atoms. The summed E-state index contributed by atoms with van der Waals surface area (Å²) in [5, 5.41) is 9.34. The molecule has 0 spiro atoms. The third kappa shape index (κ3) is 4.90. The lowest BCUT2D eigenvalue weighted by Crippen LogP contribution is -2.39.